The number of nitrogens with zero attached hydrogens (tertiary/aromatic N) is 1. The second kappa shape index (κ2) is 6.50. The van der Waals surface area contributed by atoms with Crippen LogP contribution in [0.25, 0.3) is 0 Å². The van der Waals surface area contributed by atoms with Crippen LogP contribution in [0.4, 0.5) is 0 Å². The van der Waals surface area contributed by atoms with Gasteiger partial charge in [-0.05, 0) is 29.8 Å². The molecule has 0 fully saturated rings. The Labute approximate surface area is 121 Å². The fourth-order valence-electron chi connectivity index (χ4n) is 1.53. The minimum Gasteiger partial charge on any atom is -0.409 e. The summed E-state index contributed by atoms with van der Waals surface area (Å²) in [6.45, 7) is 0. The first kappa shape index (κ1) is 13.8. The number of hydrogen-bond donors (Lipinski definition) is 2. The lowest BCUT2D eigenvalue weighted by molar-refractivity contribution is 0.318. The molecule has 2 aromatic rings. The molecule has 2 rings (SSSR count). The van der Waals surface area contributed by atoms with Crippen molar-refractivity contribution in [2.45, 2.75) is 10.6 Å². The van der Waals surface area contributed by atoms with Crippen molar-refractivity contribution >= 4 is 29.2 Å². The van der Waals surface area contributed by atoms with Crippen LogP contribution in [0, 0.1) is 0 Å². The highest BCUT2D eigenvalue weighted by atomic mass is 35.5. The van der Waals surface area contributed by atoms with Crippen LogP contribution in [0.5, 0.6) is 0 Å². The normalized spacial score (nSPS) is 11.5. The van der Waals surface area contributed by atoms with Crippen molar-refractivity contribution in [3.63, 3.8) is 0 Å². The smallest absolute Gasteiger partial charge is 0.170 e. The van der Waals surface area contributed by atoms with Crippen molar-refractivity contribution in [3.05, 3.63) is 64.7 Å². The van der Waals surface area contributed by atoms with Crippen molar-refractivity contribution < 1.29 is 5.21 Å². The average molecular weight is 293 g/mol. The third kappa shape index (κ3) is 3.91. The summed E-state index contributed by atoms with van der Waals surface area (Å²) in [5.41, 5.74) is 7.39. The number of benzene rings is 2. The van der Waals surface area contributed by atoms with Gasteiger partial charge in [-0.25, -0.2) is 0 Å². The monoisotopic (exact) mass is 292 g/mol. The number of thioether (sulfide) groups is 1. The van der Waals surface area contributed by atoms with E-state index < -0.39 is 0 Å². The molecule has 0 unspecified atom stereocenters. The van der Waals surface area contributed by atoms with E-state index in [0.717, 1.165) is 10.8 Å². The number of amidine groups is 1. The summed E-state index contributed by atoms with van der Waals surface area (Å²) in [7, 11) is 0. The maximum atomic E-state index is 8.58. The minimum atomic E-state index is 0.122. The van der Waals surface area contributed by atoms with Crippen molar-refractivity contribution in [2.75, 3.05) is 0 Å². The van der Waals surface area contributed by atoms with Crippen LogP contribution >= 0.6 is 23.4 Å². The van der Waals surface area contributed by atoms with Gasteiger partial charge in [0.15, 0.2) is 5.84 Å². The maximum Gasteiger partial charge on any atom is 0.170 e. The van der Waals surface area contributed by atoms with E-state index in [0.29, 0.717) is 5.56 Å². The quantitative estimate of drug-likeness (QED) is 0.297. The number of rotatable bonds is 4. The van der Waals surface area contributed by atoms with Gasteiger partial charge in [0.25, 0.3) is 0 Å². The Morgan fingerprint density at radius 3 is 2.32 bits per heavy atom. The molecule has 0 aliphatic rings. The molecule has 3 nitrogen and oxygen atoms in total. The summed E-state index contributed by atoms with van der Waals surface area (Å²) in [6.07, 6.45) is 0. The highest BCUT2D eigenvalue weighted by molar-refractivity contribution is 7.98. The maximum absolute atomic E-state index is 8.58. The molecule has 19 heavy (non-hydrogen) atoms. The summed E-state index contributed by atoms with van der Waals surface area (Å²) >= 11 is 7.57. The summed E-state index contributed by atoms with van der Waals surface area (Å²) < 4.78 is 0. The van der Waals surface area contributed by atoms with Crippen molar-refractivity contribution in [1.29, 1.82) is 0 Å². The highest BCUT2D eigenvalue weighted by Gasteiger charge is 2.00. The third-order valence-electron chi connectivity index (χ3n) is 2.58. The van der Waals surface area contributed by atoms with E-state index in [1.165, 1.54) is 10.5 Å². The summed E-state index contributed by atoms with van der Waals surface area (Å²) in [5.74, 6) is 0.981. The summed E-state index contributed by atoms with van der Waals surface area (Å²) in [5, 5.41) is 12.3. The molecule has 0 bridgehead atoms. The van der Waals surface area contributed by atoms with Crippen molar-refractivity contribution in [3.8, 4) is 0 Å². The molecule has 0 aromatic heterocycles. The number of hydrogen-bond acceptors (Lipinski definition) is 3. The first-order valence-electron chi connectivity index (χ1n) is 5.64. The van der Waals surface area contributed by atoms with Crippen LogP contribution in [0.15, 0.2) is 58.6 Å². The molecule has 0 aliphatic carbocycles. The van der Waals surface area contributed by atoms with Gasteiger partial charge in [-0.1, -0.05) is 41.0 Å². The molecule has 2 aromatic carbocycles. The molecule has 5 heteroatoms. The molecule has 98 valence electrons. The zero-order valence-corrected chi connectivity index (χ0v) is 11.7. The lowest BCUT2D eigenvalue weighted by Crippen LogP contribution is -2.12. The number of halogens is 1. The van der Waals surface area contributed by atoms with E-state index in [9.17, 15) is 0 Å². The van der Waals surface area contributed by atoms with Gasteiger partial charge in [0, 0.05) is 21.2 Å². The molecule has 0 atom stereocenters. The van der Waals surface area contributed by atoms with Crippen LogP contribution in [-0.4, -0.2) is 11.0 Å². The summed E-state index contributed by atoms with van der Waals surface area (Å²) in [4.78, 5) is 1.17. The Hall–Kier alpha value is -1.65. The van der Waals surface area contributed by atoms with Gasteiger partial charge in [-0.15, -0.1) is 11.8 Å². The predicted octanol–water partition coefficient (Wildman–Crippen LogP) is 3.73. The lowest BCUT2D eigenvalue weighted by atomic mass is 10.1. The second-order valence-electron chi connectivity index (χ2n) is 3.92. The Morgan fingerprint density at radius 1 is 1.11 bits per heavy atom. The van der Waals surface area contributed by atoms with E-state index in [-0.39, 0.29) is 5.84 Å². The van der Waals surface area contributed by atoms with Gasteiger partial charge < -0.3 is 10.9 Å². The molecular weight excluding hydrogens is 280 g/mol. The molecule has 0 heterocycles. The average Bonchev–Trinajstić information content (AvgIpc) is 2.46. The molecule has 0 radical (unpaired) electrons. The zero-order valence-electron chi connectivity index (χ0n) is 10.1. The largest absolute Gasteiger partial charge is 0.409 e. The molecule has 0 spiro atoms. The van der Waals surface area contributed by atoms with Crippen LogP contribution in [0.1, 0.15) is 11.1 Å². The zero-order chi connectivity index (χ0) is 13.7. The van der Waals surface area contributed by atoms with Crippen LogP contribution in [0.2, 0.25) is 5.02 Å². The number of oxime groups is 1. The first-order chi connectivity index (χ1) is 9.19. The fraction of sp³-hybridized carbons (Fsp3) is 0.0714. The Kier molecular flexibility index (Phi) is 4.71. The summed E-state index contributed by atoms with van der Waals surface area (Å²) in [6, 6.07) is 15.4. The van der Waals surface area contributed by atoms with Crippen molar-refractivity contribution in [1.82, 2.24) is 0 Å². The van der Waals surface area contributed by atoms with Crippen LogP contribution in [-0.2, 0) is 5.75 Å². The van der Waals surface area contributed by atoms with Gasteiger partial charge in [0.2, 0.25) is 0 Å². The van der Waals surface area contributed by atoms with E-state index in [1.54, 1.807) is 11.8 Å². The molecule has 3 N–H and O–H groups in total. The van der Waals surface area contributed by atoms with Gasteiger partial charge in [-0.3, -0.25) is 0 Å². The first-order valence-corrected chi connectivity index (χ1v) is 7.00. The predicted molar refractivity (Wildman–Crippen MR) is 80.0 cm³/mol. The van der Waals surface area contributed by atoms with Gasteiger partial charge in [0.05, 0.1) is 0 Å². The van der Waals surface area contributed by atoms with Crippen LogP contribution < -0.4 is 5.73 Å². The molecular formula is C14H13ClN2OS. The second-order valence-corrected chi connectivity index (χ2v) is 5.41. The topological polar surface area (TPSA) is 58.6 Å². The minimum absolute atomic E-state index is 0.122. The van der Waals surface area contributed by atoms with E-state index in [1.807, 2.05) is 48.5 Å². The molecule has 0 saturated carbocycles. The third-order valence-corrected chi connectivity index (χ3v) is 3.91. The fourth-order valence-corrected chi connectivity index (χ4v) is 2.51. The van der Waals surface area contributed by atoms with Crippen LogP contribution in [0.3, 0.4) is 0 Å². The molecule has 0 aliphatic heterocycles. The van der Waals surface area contributed by atoms with E-state index >= 15 is 0 Å². The Bertz CT molecular complexity index is 567. The Balaban J connectivity index is 1.98. The Morgan fingerprint density at radius 2 is 1.74 bits per heavy atom. The van der Waals surface area contributed by atoms with Gasteiger partial charge in [-0.2, -0.15) is 0 Å². The highest BCUT2D eigenvalue weighted by Crippen LogP contribution is 2.24. The SMILES string of the molecule is N/C(=N\O)c1ccc(CSc2ccc(Cl)cc2)cc1. The van der Waals surface area contributed by atoms with Gasteiger partial charge in [0.1, 0.15) is 0 Å². The molecule has 0 saturated heterocycles. The van der Waals surface area contributed by atoms with E-state index in [2.05, 4.69) is 5.16 Å². The lowest BCUT2D eigenvalue weighted by Gasteiger charge is -2.04. The number of nitrogens with two attached hydrogens (primary N) is 1. The standard InChI is InChI=1S/C14H13ClN2OS/c15-12-5-7-13(8-6-12)19-9-10-1-3-11(4-2-10)14(16)17-18/h1-8,18H,9H2,(H2,16,17). The molecule has 0 amide bonds. The van der Waals surface area contributed by atoms with E-state index in [4.69, 9.17) is 22.5 Å². The van der Waals surface area contributed by atoms with Gasteiger partial charge >= 0.3 is 0 Å². The van der Waals surface area contributed by atoms with Crippen molar-refractivity contribution in [2.24, 2.45) is 10.9 Å².